The predicted octanol–water partition coefficient (Wildman–Crippen LogP) is 3.29. The first-order valence-electron chi connectivity index (χ1n) is 8.96. The molecule has 1 amide bonds. The number of hydrogen-bond acceptors (Lipinski definition) is 5. The Kier molecular flexibility index (Phi) is 5.46. The number of carbonyl (C=O) groups is 1. The number of aryl methyl sites for hydroxylation is 2. The standard InChI is InChI=1S/C21H24N2O4/c1-5-14-7-9-18-15(10-14)17(24)11-20(27-18)21(25)22-12-16(23(3)4)19-8-6-13(2)26-19/h6-11,16H,5,12H2,1-4H3,(H,22,25)/t16-/m0/s1. The molecule has 1 aromatic carbocycles. The summed E-state index contributed by atoms with van der Waals surface area (Å²) in [5.41, 5.74) is 1.24. The largest absolute Gasteiger partial charge is 0.465 e. The van der Waals surface area contributed by atoms with Crippen molar-refractivity contribution in [3.8, 4) is 0 Å². The van der Waals surface area contributed by atoms with E-state index in [4.69, 9.17) is 8.83 Å². The van der Waals surface area contributed by atoms with E-state index in [1.807, 2.05) is 57.1 Å². The number of carbonyl (C=O) groups excluding carboxylic acids is 1. The molecule has 0 saturated heterocycles. The zero-order valence-electron chi connectivity index (χ0n) is 16.0. The molecule has 0 fully saturated rings. The van der Waals surface area contributed by atoms with E-state index < -0.39 is 5.91 Å². The van der Waals surface area contributed by atoms with Gasteiger partial charge in [0, 0.05) is 12.6 Å². The topological polar surface area (TPSA) is 75.7 Å². The number of benzene rings is 1. The lowest BCUT2D eigenvalue weighted by atomic mass is 10.1. The molecule has 27 heavy (non-hydrogen) atoms. The minimum atomic E-state index is -0.427. The van der Waals surface area contributed by atoms with Crippen LogP contribution in [0.5, 0.6) is 0 Å². The van der Waals surface area contributed by atoms with Crippen molar-refractivity contribution in [2.45, 2.75) is 26.3 Å². The fourth-order valence-corrected chi connectivity index (χ4v) is 2.98. The highest BCUT2D eigenvalue weighted by molar-refractivity contribution is 5.93. The van der Waals surface area contributed by atoms with Gasteiger partial charge in [0.1, 0.15) is 17.1 Å². The molecule has 3 aromatic rings. The normalized spacial score (nSPS) is 12.5. The molecule has 0 spiro atoms. The molecule has 2 aromatic heterocycles. The Hall–Kier alpha value is -2.86. The van der Waals surface area contributed by atoms with Crippen molar-refractivity contribution < 1.29 is 13.6 Å². The number of nitrogens with zero attached hydrogens (tertiary/aromatic N) is 1. The van der Waals surface area contributed by atoms with Gasteiger partial charge in [-0.3, -0.25) is 14.5 Å². The van der Waals surface area contributed by atoms with Gasteiger partial charge in [0.15, 0.2) is 11.2 Å². The number of furan rings is 1. The van der Waals surface area contributed by atoms with Crippen molar-refractivity contribution in [1.29, 1.82) is 0 Å². The Labute approximate surface area is 157 Å². The average molecular weight is 368 g/mol. The Morgan fingerprint density at radius 1 is 1.15 bits per heavy atom. The molecular weight excluding hydrogens is 344 g/mol. The molecule has 1 atom stereocenters. The van der Waals surface area contributed by atoms with Crippen molar-refractivity contribution in [1.82, 2.24) is 10.2 Å². The number of fused-ring (bicyclic) bond motifs is 1. The average Bonchev–Trinajstić information content (AvgIpc) is 3.07. The lowest BCUT2D eigenvalue weighted by Gasteiger charge is -2.22. The van der Waals surface area contributed by atoms with Gasteiger partial charge >= 0.3 is 0 Å². The molecule has 6 heteroatoms. The summed E-state index contributed by atoms with van der Waals surface area (Å²) < 4.78 is 11.3. The van der Waals surface area contributed by atoms with Crippen molar-refractivity contribution >= 4 is 16.9 Å². The Bertz CT molecular complexity index is 1020. The van der Waals surface area contributed by atoms with E-state index in [9.17, 15) is 9.59 Å². The molecule has 0 aliphatic rings. The SMILES string of the molecule is CCc1ccc2oc(C(=O)NC[C@@H](c3ccc(C)o3)N(C)C)cc(=O)c2c1. The molecular formula is C21H24N2O4. The zero-order chi connectivity index (χ0) is 19.6. The molecule has 0 bridgehead atoms. The fourth-order valence-electron chi connectivity index (χ4n) is 2.98. The summed E-state index contributed by atoms with van der Waals surface area (Å²) in [6, 6.07) is 10.4. The lowest BCUT2D eigenvalue weighted by molar-refractivity contribution is 0.0911. The van der Waals surface area contributed by atoms with Crippen LogP contribution in [0.3, 0.4) is 0 Å². The summed E-state index contributed by atoms with van der Waals surface area (Å²) in [7, 11) is 3.83. The minimum Gasteiger partial charge on any atom is -0.465 e. The Morgan fingerprint density at radius 2 is 1.93 bits per heavy atom. The first-order valence-corrected chi connectivity index (χ1v) is 8.96. The molecule has 0 unspecified atom stereocenters. The van der Waals surface area contributed by atoms with E-state index in [2.05, 4.69) is 5.32 Å². The smallest absolute Gasteiger partial charge is 0.287 e. The van der Waals surface area contributed by atoms with Gasteiger partial charge in [0.05, 0.1) is 11.4 Å². The number of nitrogens with one attached hydrogen (secondary N) is 1. The quantitative estimate of drug-likeness (QED) is 0.723. The lowest BCUT2D eigenvalue weighted by Crippen LogP contribution is -2.34. The van der Waals surface area contributed by atoms with Gasteiger partial charge in [-0.1, -0.05) is 13.0 Å². The molecule has 6 nitrogen and oxygen atoms in total. The van der Waals surface area contributed by atoms with E-state index in [-0.39, 0.29) is 17.2 Å². The van der Waals surface area contributed by atoms with Crippen molar-refractivity contribution in [3.63, 3.8) is 0 Å². The predicted molar refractivity (Wildman–Crippen MR) is 104 cm³/mol. The van der Waals surface area contributed by atoms with Gasteiger partial charge in [-0.2, -0.15) is 0 Å². The molecule has 0 saturated carbocycles. The maximum atomic E-state index is 12.5. The van der Waals surface area contributed by atoms with Crippen LogP contribution in [0.4, 0.5) is 0 Å². The molecule has 2 heterocycles. The molecule has 0 aliphatic carbocycles. The number of rotatable bonds is 6. The van der Waals surface area contributed by atoms with Gasteiger partial charge in [-0.25, -0.2) is 0 Å². The van der Waals surface area contributed by atoms with Crippen LogP contribution in [0.25, 0.3) is 11.0 Å². The molecule has 3 rings (SSSR count). The van der Waals surface area contributed by atoms with E-state index in [0.29, 0.717) is 17.5 Å². The van der Waals surface area contributed by atoms with Crippen molar-refractivity contribution in [2.24, 2.45) is 0 Å². The van der Waals surface area contributed by atoms with Gasteiger partial charge in [-0.05, 0) is 57.3 Å². The first-order chi connectivity index (χ1) is 12.9. The van der Waals surface area contributed by atoms with Gasteiger partial charge in [0.2, 0.25) is 0 Å². The number of hydrogen-bond donors (Lipinski definition) is 1. The minimum absolute atomic E-state index is 0.00452. The molecule has 0 radical (unpaired) electrons. The van der Waals surface area contributed by atoms with Gasteiger partial charge < -0.3 is 14.2 Å². The van der Waals surface area contributed by atoms with Gasteiger partial charge in [0.25, 0.3) is 5.91 Å². The summed E-state index contributed by atoms with van der Waals surface area (Å²) in [6.07, 6.45) is 0.829. The summed E-state index contributed by atoms with van der Waals surface area (Å²) in [4.78, 5) is 26.9. The third-order valence-electron chi connectivity index (χ3n) is 4.59. The van der Waals surface area contributed by atoms with Crippen LogP contribution in [-0.4, -0.2) is 31.4 Å². The van der Waals surface area contributed by atoms with Gasteiger partial charge in [-0.15, -0.1) is 0 Å². The second kappa shape index (κ2) is 7.80. The second-order valence-electron chi connectivity index (χ2n) is 6.80. The summed E-state index contributed by atoms with van der Waals surface area (Å²) >= 11 is 0. The van der Waals surface area contributed by atoms with E-state index in [0.717, 1.165) is 23.5 Å². The van der Waals surface area contributed by atoms with E-state index in [1.54, 1.807) is 6.07 Å². The van der Waals surface area contributed by atoms with Crippen LogP contribution in [-0.2, 0) is 6.42 Å². The number of amides is 1. The van der Waals surface area contributed by atoms with Crippen molar-refractivity contribution in [2.75, 3.05) is 20.6 Å². The van der Waals surface area contributed by atoms with E-state index in [1.165, 1.54) is 6.07 Å². The monoisotopic (exact) mass is 368 g/mol. The number of likely N-dealkylation sites (N-methyl/N-ethyl adjacent to an activating group) is 1. The zero-order valence-corrected chi connectivity index (χ0v) is 16.0. The fraction of sp³-hybridized carbons (Fsp3) is 0.333. The van der Waals surface area contributed by atoms with Crippen LogP contribution in [0, 0.1) is 6.92 Å². The second-order valence-corrected chi connectivity index (χ2v) is 6.80. The first kappa shape index (κ1) is 18.9. The molecule has 142 valence electrons. The molecule has 1 N–H and O–H groups in total. The van der Waals surface area contributed by atoms with Crippen LogP contribution < -0.4 is 10.7 Å². The summed E-state index contributed by atoms with van der Waals surface area (Å²) in [5.74, 6) is 1.16. The van der Waals surface area contributed by atoms with Crippen LogP contribution in [0.1, 0.15) is 40.6 Å². The Morgan fingerprint density at radius 3 is 2.56 bits per heavy atom. The highest BCUT2D eigenvalue weighted by atomic mass is 16.3. The molecule has 0 aliphatic heterocycles. The van der Waals surface area contributed by atoms with Crippen LogP contribution >= 0.6 is 0 Å². The van der Waals surface area contributed by atoms with Crippen molar-refractivity contribution in [3.05, 3.63) is 69.5 Å². The Balaban J connectivity index is 1.80. The maximum absolute atomic E-state index is 12.5. The highest BCUT2D eigenvalue weighted by Crippen LogP contribution is 2.20. The van der Waals surface area contributed by atoms with Crippen LogP contribution in [0.15, 0.2) is 50.0 Å². The third kappa shape index (κ3) is 4.11. The van der Waals surface area contributed by atoms with Crippen LogP contribution in [0.2, 0.25) is 0 Å². The van der Waals surface area contributed by atoms with E-state index >= 15 is 0 Å². The third-order valence-corrected chi connectivity index (χ3v) is 4.59. The summed E-state index contributed by atoms with van der Waals surface area (Å²) in [5, 5.41) is 3.32. The highest BCUT2D eigenvalue weighted by Gasteiger charge is 2.20. The maximum Gasteiger partial charge on any atom is 0.287 e. The summed E-state index contributed by atoms with van der Waals surface area (Å²) in [6.45, 7) is 4.23.